The highest BCUT2D eigenvalue weighted by molar-refractivity contribution is 7.89. The summed E-state index contributed by atoms with van der Waals surface area (Å²) in [5.41, 5.74) is 0.917. The van der Waals surface area contributed by atoms with Gasteiger partial charge >= 0.3 is 0 Å². The Morgan fingerprint density at radius 3 is 2.80 bits per heavy atom. The number of rotatable bonds is 6. The van der Waals surface area contributed by atoms with Crippen molar-refractivity contribution in [1.82, 2.24) is 19.9 Å². The Labute approximate surface area is 120 Å². The van der Waals surface area contributed by atoms with Gasteiger partial charge < -0.3 is 15.2 Å². The third kappa shape index (κ3) is 3.41. The fraction of sp³-hybridized carbons (Fsp3) is 0.692. The maximum atomic E-state index is 12.3. The Hall–Kier alpha value is -0.890. The Morgan fingerprint density at radius 1 is 1.35 bits per heavy atom. The molecule has 1 unspecified atom stereocenters. The number of nitrogens with zero attached hydrogens (tertiary/aromatic N) is 1. The molecule has 2 aliphatic rings. The molecule has 0 amide bonds. The molecule has 0 spiro atoms. The highest BCUT2D eigenvalue weighted by Crippen LogP contribution is 2.20. The molecule has 2 fully saturated rings. The van der Waals surface area contributed by atoms with Crippen LogP contribution in [0.15, 0.2) is 17.2 Å². The molecule has 2 heterocycles. The zero-order valence-corrected chi connectivity index (χ0v) is 12.5. The monoisotopic (exact) mass is 298 g/mol. The summed E-state index contributed by atoms with van der Waals surface area (Å²) in [7, 11) is -1.40. The van der Waals surface area contributed by atoms with Gasteiger partial charge in [-0.3, -0.25) is 0 Å². The van der Waals surface area contributed by atoms with Crippen molar-refractivity contribution in [3.63, 3.8) is 0 Å². The van der Waals surface area contributed by atoms with E-state index in [4.69, 9.17) is 0 Å². The third-order valence-corrected chi connectivity index (χ3v) is 5.40. The summed E-state index contributed by atoms with van der Waals surface area (Å²) in [5, 5.41) is 3.36. The molecule has 0 radical (unpaired) electrons. The van der Waals surface area contributed by atoms with Crippen molar-refractivity contribution in [3.05, 3.63) is 18.0 Å². The Kier molecular flexibility index (Phi) is 3.85. The quantitative estimate of drug-likeness (QED) is 0.703. The Bertz CT molecular complexity index is 565. The molecule has 7 heteroatoms. The molecule has 1 saturated heterocycles. The van der Waals surface area contributed by atoms with Crippen LogP contribution in [-0.2, 0) is 16.6 Å². The van der Waals surface area contributed by atoms with Crippen LogP contribution in [0.5, 0.6) is 0 Å². The van der Waals surface area contributed by atoms with E-state index in [1.807, 2.05) is 7.05 Å². The molecule has 112 valence electrons. The number of aromatic nitrogens is 1. The lowest BCUT2D eigenvalue weighted by Crippen LogP contribution is -2.36. The minimum absolute atomic E-state index is 0.0212. The summed E-state index contributed by atoms with van der Waals surface area (Å²) in [6, 6.07) is 2.36. The maximum absolute atomic E-state index is 12.3. The summed E-state index contributed by atoms with van der Waals surface area (Å²) in [4.78, 5) is 5.50. The normalized spacial score (nSPS) is 24.4. The largest absolute Gasteiger partial charge is 0.363 e. The van der Waals surface area contributed by atoms with Crippen molar-refractivity contribution in [2.45, 2.75) is 42.8 Å². The van der Waals surface area contributed by atoms with Gasteiger partial charge in [0.1, 0.15) is 0 Å². The second-order valence-electron chi connectivity index (χ2n) is 5.88. The number of H-pyrrole nitrogens is 1. The Morgan fingerprint density at radius 2 is 2.15 bits per heavy atom. The van der Waals surface area contributed by atoms with Crippen molar-refractivity contribution in [3.8, 4) is 0 Å². The highest BCUT2D eigenvalue weighted by Gasteiger charge is 2.26. The summed E-state index contributed by atoms with van der Waals surface area (Å²) in [5.74, 6) is 0. The SMILES string of the molecule is CN1CCC(NS(=O)(=O)c2c[nH]c(CNC3CC3)c2)C1. The molecule has 0 aromatic carbocycles. The van der Waals surface area contributed by atoms with Crippen molar-refractivity contribution in [1.29, 1.82) is 0 Å². The molecule has 3 N–H and O–H groups in total. The summed E-state index contributed by atoms with van der Waals surface area (Å²) < 4.78 is 27.4. The minimum Gasteiger partial charge on any atom is -0.363 e. The number of likely N-dealkylation sites (tertiary alicyclic amines) is 1. The standard InChI is InChI=1S/C13H22N4O2S/c1-17-5-4-11(9-17)16-20(18,19)13-6-12(15-8-13)7-14-10-2-3-10/h6,8,10-11,14-16H,2-5,7,9H2,1H3. The van der Waals surface area contributed by atoms with Crippen LogP contribution in [0.2, 0.25) is 0 Å². The van der Waals surface area contributed by atoms with Gasteiger partial charge in [-0.2, -0.15) is 0 Å². The van der Waals surface area contributed by atoms with Gasteiger partial charge in [-0.1, -0.05) is 0 Å². The van der Waals surface area contributed by atoms with E-state index in [1.165, 1.54) is 12.8 Å². The number of hydrogen-bond donors (Lipinski definition) is 3. The molecular formula is C13H22N4O2S. The Balaban J connectivity index is 1.61. The minimum atomic E-state index is -3.40. The second-order valence-corrected chi connectivity index (χ2v) is 7.60. The summed E-state index contributed by atoms with van der Waals surface area (Å²) in [6.45, 7) is 2.42. The van der Waals surface area contributed by atoms with Gasteiger partial charge in [-0.05, 0) is 38.9 Å². The van der Waals surface area contributed by atoms with Crippen molar-refractivity contribution < 1.29 is 8.42 Å². The van der Waals surface area contributed by atoms with Crippen LogP contribution in [-0.4, -0.2) is 50.5 Å². The first kappa shape index (κ1) is 14.1. The number of nitrogens with one attached hydrogen (secondary N) is 3. The van der Waals surface area contributed by atoms with Gasteiger partial charge in [0.25, 0.3) is 0 Å². The molecule has 20 heavy (non-hydrogen) atoms. The van der Waals surface area contributed by atoms with Crippen molar-refractivity contribution >= 4 is 10.0 Å². The third-order valence-electron chi connectivity index (χ3n) is 3.90. The molecular weight excluding hydrogens is 276 g/mol. The predicted octanol–water partition coefficient (Wildman–Crippen LogP) is 0.249. The van der Waals surface area contributed by atoms with Crippen molar-refractivity contribution in [2.24, 2.45) is 0 Å². The van der Waals surface area contributed by atoms with Gasteiger partial charge in [-0.15, -0.1) is 0 Å². The molecule has 1 aromatic heterocycles. The van der Waals surface area contributed by atoms with E-state index in [2.05, 4.69) is 19.9 Å². The van der Waals surface area contributed by atoms with E-state index in [9.17, 15) is 8.42 Å². The average Bonchev–Trinajstić information content (AvgIpc) is 2.93. The fourth-order valence-corrected chi connectivity index (χ4v) is 3.82. The topological polar surface area (TPSA) is 77.2 Å². The van der Waals surface area contributed by atoms with Crippen LogP contribution < -0.4 is 10.0 Å². The van der Waals surface area contributed by atoms with Gasteiger partial charge in [0.05, 0.1) is 4.90 Å². The van der Waals surface area contributed by atoms with Crippen LogP contribution in [0.3, 0.4) is 0 Å². The van der Waals surface area contributed by atoms with E-state index in [-0.39, 0.29) is 6.04 Å². The van der Waals surface area contributed by atoms with E-state index in [0.29, 0.717) is 17.5 Å². The first-order valence-electron chi connectivity index (χ1n) is 7.14. The zero-order chi connectivity index (χ0) is 14.2. The van der Waals surface area contributed by atoms with Crippen LogP contribution in [0.25, 0.3) is 0 Å². The van der Waals surface area contributed by atoms with E-state index < -0.39 is 10.0 Å². The summed E-state index contributed by atoms with van der Waals surface area (Å²) >= 11 is 0. The average molecular weight is 298 g/mol. The molecule has 1 aliphatic carbocycles. The molecule has 0 bridgehead atoms. The number of likely N-dealkylation sites (N-methyl/N-ethyl adjacent to an activating group) is 1. The van der Waals surface area contributed by atoms with Gasteiger partial charge in [0, 0.05) is 37.1 Å². The maximum Gasteiger partial charge on any atom is 0.242 e. The highest BCUT2D eigenvalue weighted by atomic mass is 32.2. The van der Waals surface area contributed by atoms with Crippen LogP contribution >= 0.6 is 0 Å². The molecule has 3 rings (SSSR count). The van der Waals surface area contributed by atoms with Gasteiger partial charge in [-0.25, -0.2) is 13.1 Å². The van der Waals surface area contributed by atoms with Crippen molar-refractivity contribution in [2.75, 3.05) is 20.1 Å². The molecule has 6 nitrogen and oxygen atoms in total. The smallest absolute Gasteiger partial charge is 0.242 e. The summed E-state index contributed by atoms with van der Waals surface area (Å²) in [6.07, 6.45) is 4.90. The van der Waals surface area contributed by atoms with Crippen LogP contribution in [0.4, 0.5) is 0 Å². The lowest BCUT2D eigenvalue weighted by atomic mass is 10.3. The van der Waals surface area contributed by atoms with E-state index >= 15 is 0 Å². The van der Waals surface area contributed by atoms with E-state index in [0.717, 1.165) is 25.2 Å². The number of aromatic amines is 1. The molecule has 1 atom stereocenters. The number of hydrogen-bond acceptors (Lipinski definition) is 4. The molecule has 1 aromatic rings. The second kappa shape index (κ2) is 5.48. The lowest BCUT2D eigenvalue weighted by molar-refractivity contribution is 0.407. The van der Waals surface area contributed by atoms with Gasteiger partial charge in [0.15, 0.2) is 0 Å². The predicted molar refractivity (Wildman–Crippen MR) is 76.9 cm³/mol. The van der Waals surface area contributed by atoms with Gasteiger partial charge in [0.2, 0.25) is 10.0 Å². The lowest BCUT2D eigenvalue weighted by Gasteiger charge is -2.12. The fourth-order valence-electron chi connectivity index (χ4n) is 2.54. The first-order chi connectivity index (χ1) is 9.53. The molecule has 1 saturated carbocycles. The first-order valence-corrected chi connectivity index (χ1v) is 8.63. The molecule has 1 aliphatic heterocycles. The van der Waals surface area contributed by atoms with E-state index in [1.54, 1.807) is 12.3 Å². The van der Waals surface area contributed by atoms with Crippen LogP contribution in [0.1, 0.15) is 25.0 Å². The van der Waals surface area contributed by atoms with Crippen LogP contribution in [0, 0.1) is 0 Å². The zero-order valence-electron chi connectivity index (χ0n) is 11.7. The number of sulfonamides is 1.